The molecule has 2 aromatic carbocycles. The fourth-order valence-corrected chi connectivity index (χ4v) is 4.70. The number of thiophene rings is 1. The van der Waals surface area contributed by atoms with Crippen LogP contribution in [0, 0.1) is 11.3 Å². The van der Waals surface area contributed by atoms with E-state index >= 15 is 0 Å². The van der Waals surface area contributed by atoms with Crippen molar-refractivity contribution in [2.45, 2.75) is 23.9 Å². The maximum Gasteiger partial charge on any atom is 0.294 e. The third kappa shape index (κ3) is 5.63. The van der Waals surface area contributed by atoms with Crippen molar-refractivity contribution in [3.63, 3.8) is 0 Å². The molecule has 1 aliphatic heterocycles. The van der Waals surface area contributed by atoms with Crippen molar-refractivity contribution in [3.8, 4) is 11.8 Å². The van der Waals surface area contributed by atoms with Crippen LogP contribution in [0.1, 0.15) is 16.2 Å². The smallest absolute Gasteiger partial charge is 0.294 e. The Morgan fingerprint density at radius 1 is 1.22 bits per heavy atom. The molecule has 1 fully saturated rings. The van der Waals surface area contributed by atoms with Gasteiger partial charge in [0.15, 0.2) is 0 Å². The van der Waals surface area contributed by atoms with Crippen molar-refractivity contribution >= 4 is 38.1 Å². The fraction of sp³-hybridized carbons (Fsp3) is 0.273. The number of likely N-dealkylation sites (N-methyl/N-ethyl adjacent to an activating group) is 1. The molecule has 8 nitrogen and oxygen atoms in total. The number of rotatable bonds is 5. The highest BCUT2D eigenvalue weighted by atomic mass is 32.2. The highest BCUT2D eigenvalue weighted by Gasteiger charge is 2.30. The van der Waals surface area contributed by atoms with Gasteiger partial charge in [0.1, 0.15) is 16.7 Å². The monoisotopic (exact) mass is 473 g/mol. The summed E-state index contributed by atoms with van der Waals surface area (Å²) in [5.41, 5.74) is 0. The van der Waals surface area contributed by atoms with Gasteiger partial charge in [0.25, 0.3) is 10.1 Å². The molecule has 1 amide bonds. The predicted octanol–water partition coefficient (Wildman–Crippen LogP) is 3.04. The minimum Gasteiger partial charge on any atom is -0.497 e. The number of ether oxygens (including phenoxy) is 1. The van der Waals surface area contributed by atoms with Gasteiger partial charge in [-0.3, -0.25) is 9.35 Å². The van der Waals surface area contributed by atoms with Crippen LogP contribution in [0.3, 0.4) is 0 Å². The van der Waals surface area contributed by atoms with Crippen LogP contribution in [0.25, 0.3) is 10.8 Å². The zero-order valence-corrected chi connectivity index (χ0v) is 19.2. The zero-order valence-electron chi connectivity index (χ0n) is 17.6. The maximum absolute atomic E-state index is 11.8. The number of methoxy groups -OCH3 is 1. The molecule has 0 bridgehead atoms. The highest BCUT2D eigenvalue weighted by Crippen LogP contribution is 2.23. The number of fused-ring (bicyclic) bond motifs is 1. The first-order valence-electron chi connectivity index (χ1n) is 9.75. The largest absolute Gasteiger partial charge is 0.497 e. The quantitative estimate of drug-likeness (QED) is 0.547. The topological polar surface area (TPSA) is 120 Å². The Kier molecular flexibility index (Phi) is 7.48. The summed E-state index contributed by atoms with van der Waals surface area (Å²) in [7, 11) is -0.809. The van der Waals surface area contributed by atoms with E-state index in [-0.39, 0.29) is 16.8 Å². The van der Waals surface area contributed by atoms with Crippen LogP contribution in [-0.4, -0.2) is 50.5 Å². The lowest BCUT2D eigenvalue weighted by Crippen LogP contribution is -2.35. The molecule has 0 radical (unpaired) electrons. The lowest BCUT2D eigenvalue weighted by molar-refractivity contribution is -0.129. The summed E-state index contributed by atoms with van der Waals surface area (Å²) in [5, 5.41) is 13.3. The molecule has 2 N–H and O–H groups in total. The zero-order chi connectivity index (χ0) is 23.3. The van der Waals surface area contributed by atoms with Gasteiger partial charge in [-0.2, -0.15) is 13.7 Å². The van der Waals surface area contributed by atoms with Gasteiger partial charge in [0.05, 0.1) is 24.6 Å². The Morgan fingerprint density at radius 2 is 1.97 bits per heavy atom. The molecule has 10 heteroatoms. The molecule has 0 unspecified atom stereocenters. The number of nitrogens with one attached hydrogen (secondary N) is 1. The van der Waals surface area contributed by atoms with E-state index in [1.807, 2.05) is 24.1 Å². The summed E-state index contributed by atoms with van der Waals surface area (Å²) in [6, 6.07) is 15.5. The van der Waals surface area contributed by atoms with Gasteiger partial charge < -0.3 is 15.0 Å². The average molecular weight is 474 g/mol. The predicted molar refractivity (Wildman–Crippen MR) is 122 cm³/mol. The minimum absolute atomic E-state index is 0.0320. The van der Waals surface area contributed by atoms with Gasteiger partial charge in [-0.15, -0.1) is 11.3 Å². The van der Waals surface area contributed by atoms with Crippen LogP contribution in [0.2, 0.25) is 0 Å². The summed E-state index contributed by atoms with van der Waals surface area (Å²) in [6.45, 7) is 1.42. The Labute approximate surface area is 190 Å². The first kappa shape index (κ1) is 23.7. The standard InChI is InChI=1S/C11H13N3OS.C11H10O4S/c1-13-10-4-5-14(11(10)15)7-9-3-2-8(6-12)16-9;1-15-10-4-2-8-3-5-11(16(12,13)14)7-9(8)6-10/h2-3,10,13H,4-5,7H2,1H3;2-7H,1H3,(H,12,13,14)/t10-;/m0./s1. The van der Waals surface area contributed by atoms with Crippen molar-refractivity contribution in [3.05, 3.63) is 58.3 Å². The number of nitriles is 1. The van der Waals surface area contributed by atoms with Gasteiger partial charge >= 0.3 is 0 Å². The number of carbonyl (C=O) groups excluding carboxylic acids is 1. The summed E-state index contributed by atoms with van der Waals surface area (Å²) in [4.78, 5) is 15.3. The Hall–Kier alpha value is -2.97. The molecule has 32 heavy (non-hydrogen) atoms. The third-order valence-corrected chi connectivity index (χ3v) is 6.91. The molecule has 4 rings (SSSR count). The molecular formula is C22H23N3O5S2. The average Bonchev–Trinajstić information content (AvgIpc) is 3.39. The van der Waals surface area contributed by atoms with Gasteiger partial charge in [-0.05, 0) is 60.6 Å². The Bertz CT molecular complexity index is 1260. The molecular weight excluding hydrogens is 450 g/mol. The minimum atomic E-state index is -4.15. The van der Waals surface area contributed by atoms with Crippen LogP contribution in [-0.2, 0) is 21.5 Å². The second-order valence-corrected chi connectivity index (χ2v) is 9.71. The van der Waals surface area contributed by atoms with E-state index < -0.39 is 10.1 Å². The Morgan fingerprint density at radius 3 is 2.56 bits per heavy atom. The van der Waals surface area contributed by atoms with Crippen molar-refractivity contribution in [2.75, 3.05) is 20.7 Å². The van der Waals surface area contributed by atoms with Crippen molar-refractivity contribution in [2.24, 2.45) is 0 Å². The maximum atomic E-state index is 11.8. The summed E-state index contributed by atoms with van der Waals surface area (Å²) >= 11 is 1.46. The third-order valence-electron chi connectivity index (χ3n) is 5.08. The number of hydrogen-bond donors (Lipinski definition) is 2. The molecule has 1 atom stereocenters. The van der Waals surface area contributed by atoms with E-state index in [0.29, 0.717) is 22.6 Å². The van der Waals surface area contributed by atoms with Gasteiger partial charge in [-0.1, -0.05) is 12.1 Å². The van der Waals surface area contributed by atoms with E-state index in [4.69, 9.17) is 14.6 Å². The van der Waals surface area contributed by atoms with Crippen LogP contribution in [0.4, 0.5) is 0 Å². The number of nitrogens with zero attached hydrogens (tertiary/aromatic N) is 2. The first-order valence-corrected chi connectivity index (χ1v) is 12.0. The van der Waals surface area contributed by atoms with E-state index in [9.17, 15) is 13.2 Å². The lowest BCUT2D eigenvalue weighted by Gasteiger charge is -2.15. The SMILES string of the molecule is CN[C@H]1CCN(Cc2ccc(C#N)s2)C1=O.COc1ccc2ccc(S(=O)(=O)O)cc2c1. The number of carbonyl (C=O) groups is 1. The van der Waals surface area contributed by atoms with Gasteiger partial charge in [0.2, 0.25) is 5.91 Å². The number of benzene rings is 2. The second-order valence-electron chi connectivity index (χ2n) is 7.12. The molecule has 0 aliphatic carbocycles. The highest BCUT2D eigenvalue weighted by molar-refractivity contribution is 7.85. The van der Waals surface area contributed by atoms with Gasteiger partial charge in [0, 0.05) is 11.4 Å². The van der Waals surface area contributed by atoms with Crippen molar-refractivity contribution < 1.29 is 22.5 Å². The van der Waals surface area contributed by atoms with Crippen LogP contribution in [0.5, 0.6) is 5.75 Å². The summed E-state index contributed by atoms with van der Waals surface area (Å²) in [6.07, 6.45) is 0.867. The summed E-state index contributed by atoms with van der Waals surface area (Å²) in [5.74, 6) is 0.800. The Balaban J connectivity index is 0.000000181. The van der Waals surface area contributed by atoms with E-state index in [2.05, 4.69) is 11.4 Å². The fourth-order valence-electron chi connectivity index (χ4n) is 3.37. The first-order chi connectivity index (χ1) is 15.2. The van der Waals surface area contributed by atoms with E-state index in [1.165, 1.54) is 30.6 Å². The van der Waals surface area contributed by atoms with Crippen LogP contribution >= 0.6 is 11.3 Å². The molecule has 0 saturated carbocycles. The molecule has 168 valence electrons. The second kappa shape index (κ2) is 10.1. The number of hydrogen-bond acceptors (Lipinski definition) is 7. The van der Waals surface area contributed by atoms with E-state index in [1.54, 1.807) is 24.3 Å². The molecule has 1 aromatic heterocycles. The molecule has 0 spiro atoms. The summed E-state index contributed by atoms with van der Waals surface area (Å²) < 4.78 is 35.9. The molecule has 1 aliphatic rings. The number of likely N-dealkylation sites (tertiary alicyclic amines) is 1. The number of amides is 1. The molecule has 1 saturated heterocycles. The van der Waals surface area contributed by atoms with Crippen LogP contribution in [0.15, 0.2) is 53.4 Å². The van der Waals surface area contributed by atoms with E-state index in [0.717, 1.165) is 23.2 Å². The molecule has 3 aromatic rings. The normalized spacial score (nSPS) is 15.9. The van der Waals surface area contributed by atoms with Crippen molar-refractivity contribution in [1.82, 2.24) is 10.2 Å². The lowest BCUT2D eigenvalue weighted by atomic mass is 10.1. The molecule has 2 heterocycles. The van der Waals surface area contributed by atoms with Crippen molar-refractivity contribution in [1.29, 1.82) is 5.26 Å². The van der Waals surface area contributed by atoms with Gasteiger partial charge in [-0.25, -0.2) is 0 Å². The van der Waals surface area contributed by atoms with Crippen LogP contribution < -0.4 is 10.1 Å².